The third-order valence-electron chi connectivity index (χ3n) is 3.64. The summed E-state index contributed by atoms with van der Waals surface area (Å²) < 4.78 is 31.8. The highest BCUT2D eigenvalue weighted by molar-refractivity contribution is 7.14. The number of hydrogen-bond donors (Lipinski definition) is 2. The van der Waals surface area contributed by atoms with Crippen molar-refractivity contribution >= 4 is 33.8 Å². The fourth-order valence-electron chi connectivity index (χ4n) is 2.41. The van der Waals surface area contributed by atoms with E-state index in [0.717, 1.165) is 18.2 Å². The summed E-state index contributed by atoms with van der Waals surface area (Å²) >= 11 is 1.22. The number of amides is 1. The predicted molar refractivity (Wildman–Crippen MR) is 102 cm³/mol. The Kier molecular flexibility index (Phi) is 4.81. The molecule has 0 aliphatic heterocycles. The van der Waals surface area contributed by atoms with Crippen LogP contribution in [0.15, 0.2) is 64.5 Å². The van der Waals surface area contributed by atoms with Crippen molar-refractivity contribution in [3.8, 4) is 11.5 Å². The minimum atomic E-state index is -0.691. The number of halogens is 2. The lowest BCUT2D eigenvalue weighted by Gasteiger charge is -2.02. The maximum Gasteiger partial charge on any atom is 0.277 e. The van der Waals surface area contributed by atoms with E-state index in [1.54, 1.807) is 29.6 Å². The molecule has 140 valence electrons. The summed E-state index contributed by atoms with van der Waals surface area (Å²) in [5.41, 5.74) is 1.42. The molecule has 0 fully saturated rings. The number of nitrogens with one attached hydrogen (secondary N) is 2. The zero-order chi connectivity index (χ0) is 19.5. The van der Waals surface area contributed by atoms with Crippen LogP contribution in [0, 0.1) is 11.6 Å². The smallest absolute Gasteiger partial charge is 0.277 e. The molecule has 6 nitrogen and oxygen atoms in total. The van der Waals surface area contributed by atoms with E-state index in [-0.39, 0.29) is 11.4 Å². The van der Waals surface area contributed by atoms with Gasteiger partial charge < -0.3 is 15.2 Å². The summed E-state index contributed by atoms with van der Waals surface area (Å²) in [5, 5.41) is 11.4. The highest BCUT2D eigenvalue weighted by Gasteiger charge is 2.16. The number of nitrogens with zero attached hydrogens (tertiary/aromatic N) is 2. The standard InChI is InChI=1S/C19H12F2N4O2S/c20-11-6-12(21)8-14(7-11)23-19-24-16(10-28-19)17-9-15(25-27-17)18(26)22-13-4-2-1-3-5-13/h1-10H,(H,22,26)(H,23,24). The normalized spacial score (nSPS) is 10.6. The first-order chi connectivity index (χ1) is 13.6. The summed E-state index contributed by atoms with van der Waals surface area (Å²) in [7, 11) is 0. The molecule has 0 unspecified atom stereocenters. The minimum Gasteiger partial charge on any atom is -0.354 e. The molecule has 4 rings (SSSR count). The van der Waals surface area contributed by atoms with Crippen LogP contribution in [0.4, 0.5) is 25.3 Å². The van der Waals surface area contributed by atoms with Crippen LogP contribution in [0.1, 0.15) is 10.5 Å². The van der Waals surface area contributed by atoms with E-state index >= 15 is 0 Å². The van der Waals surface area contributed by atoms with Crippen molar-refractivity contribution in [2.24, 2.45) is 0 Å². The largest absolute Gasteiger partial charge is 0.354 e. The van der Waals surface area contributed by atoms with Crippen molar-refractivity contribution in [1.29, 1.82) is 0 Å². The van der Waals surface area contributed by atoms with Gasteiger partial charge in [0.1, 0.15) is 17.3 Å². The number of para-hydroxylation sites is 1. The Morgan fingerprint density at radius 2 is 1.75 bits per heavy atom. The maximum absolute atomic E-state index is 13.3. The van der Waals surface area contributed by atoms with Crippen LogP contribution < -0.4 is 10.6 Å². The number of anilines is 3. The SMILES string of the molecule is O=C(Nc1ccccc1)c1cc(-c2csc(Nc3cc(F)cc(F)c3)n2)on1. The maximum atomic E-state index is 13.3. The van der Waals surface area contributed by atoms with Crippen molar-refractivity contribution in [1.82, 2.24) is 10.1 Å². The van der Waals surface area contributed by atoms with Gasteiger partial charge in [-0.25, -0.2) is 13.8 Å². The van der Waals surface area contributed by atoms with Gasteiger partial charge in [0.2, 0.25) is 0 Å². The van der Waals surface area contributed by atoms with Crippen molar-refractivity contribution in [2.75, 3.05) is 10.6 Å². The third-order valence-corrected chi connectivity index (χ3v) is 4.40. The van der Waals surface area contributed by atoms with E-state index in [9.17, 15) is 13.6 Å². The predicted octanol–water partition coefficient (Wildman–Crippen LogP) is 5.07. The van der Waals surface area contributed by atoms with Gasteiger partial charge in [0, 0.05) is 28.9 Å². The lowest BCUT2D eigenvalue weighted by molar-refractivity contribution is 0.101. The average Bonchev–Trinajstić information content (AvgIpc) is 3.31. The second-order valence-corrected chi connectivity index (χ2v) is 6.58. The summed E-state index contributed by atoms with van der Waals surface area (Å²) in [5.74, 6) is -1.50. The average molecular weight is 398 g/mol. The minimum absolute atomic E-state index is 0.105. The van der Waals surface area contributed by atoms with Crippen molar-refractivity contribution in [2.45, 2.75) is 0 Å². The lowest BCUT2D eigenvalue weighted by atomic mass is 10.3. The highest BCUT2D eigenvalue weighted by atomic mass is 32.1. The number of hydrogen-bond acceptors (Lipinski definition) is 6. The summed E-state index contributed by atoms with van der Waals surface area (Å²) in [6.45, 7) is 0. The Morgan fingerprint density at radius 3 is 2.50 bits per heavy atom. The van der Waals surface area contributed by atoms with Crippen LogP contribution in [0.3, 0.4) is 0 Å². The molecular weight excluding hydrogens is 386 g/mol. The third kappa shape index (κ3) is 4.04. The number of carbonyl (C=O) groups excluding carboxylic acids is 1. The molecule has 0 spiro atoms. The molecule has 2 aromatic heterocycles. The molecule has 0 saturated carbocycles. The molecule has 0 atom stereocenters. The van der Waals surface area contributed by atoms with Gasteiger partial charge in [-0.05, 0) is 24.3 Å². The molecule has 0 saturated heterocycles. The number of carbonyl (C=O) groups is 1. The van der Waals surface area contributed by atoms with E-state index < -0.39 is 17.5 Å². The van der Waals surface area contributed by atoms with Gasteiger partial charge in [-0.1, -0.05) is 23.4 Å². The molecule has 0 aliphatic carbocycles. The van der Waals surface area contributed by atoms with E-state index in [2.05, 4.69) is 20.8 Å². The van der Waals surface area contributed by atoms with E-state index in [4.69, 9.17) is 4.52 Å². The fourth-order valence-corrected chi connectivity index (χ4v) is 3.13. The monoisotopic (exact) mass is 398 g/mol. The van der Waals surface area contributed by atoms with Crippen LogP contribution >= 0.6 is 11.3 Å². The number of thiazole rings is 1. The molecule has 0 aliphatic rings. The van der Waals surface area contributed by atoms with Crippen molar-refractivity contribution < 1.29 is 18.1 Å². The quantitative estimate of drug-likeness (QED) is 0.490. The van der Waals surface area contributed by atoms with Crippen LogP contribution in [0.2, 0.25) is 0 Å². The van der Waals surface area contributed by atoms with Crippen LogP contribution in [0.5, 0.6) is 0 Å². The second-order valence-electron chi connectivity index (χ2n) is 5.72. The first-order valence-electron chi connectivity index (χ1n) is 8.09. The first-order valence-corrected chi connectivity index (χ1v) is 8.97. The van der Waals surface area contributed by atoms with Gasteiger partial charge in [0.15, 0.2) is 16.6 Å². The summed E-state index contributed by atoms with van der Waals surface area (Å²) in [4.78, 5) is 16.5. The topological polar surface area (TPSA) is 80.0 Å². The van der Waals surface area contributed by atoms with Gasteiger partial charge in [0.05, 0.1) is 0 Å². The molecule has 2 N–H and O–H groups in total. The first kappa shape index (κ1) is 17.8. The van der Waals surface area contributed by atoms with Gasteiger partial charge in [-0.3, -0.25) is 4.79 Å². The molecule has 0 bridgehead atoms. The van der Waals surface area contributed by atoms with Gasteiger partial charge in [-0.15, -0.1) is 11.3 Å². The van der Waals surface area contributed by atoms with Gasteiger partial charge >= 0.3 is 0 Å². The molecule has 2 heterocycles. The Bertz CT molecular complexity index is 1110. The van der Waals surface area contributed by atoms with Crippen molar-refractivity contribution in [3.63, 3.8) is 0 Å². The number of benzene rings is 2. The van der Waals surface area contributed by atoms with E-state index in [1.807, 2.05) is 6.07 Å². The van der Waals surface area contributed by atoms with E-state index in [1.165, 1.54) is 17.4 Å². The Hall–Kier alpha value is -3.59. The van der Waals surface area contributed by atoms with E-state index in [0.29, 0.717) is 22.3 Å². The number of aromatic nitrogens is 2. The molecular formula is C19H12F2N4O2S. The van der Waals surface area contributed by atoms with Gasteiger partial charge in [0.25, 0.3) is 5.91 Å². The zero-order valence-corrected chi connectivity index (χ0v) is 15.0. The lowest BCUT2D eigenvalue weighted by Crippen LogP contribution is -2.11. The molecule has 28 heavy (non-hydrogen) atoms. The summed E-state index contributed by atoms with van der Waals surface area (Å²) in [6, 6.07) is 13.5. The molecule has 9 heteroatoms. The Morgan fingerprint density at radius 1 is 1.00 bits per heavy atom. The second kappa shape index (κ2) is 7.57. The molecule has 1 amide bonds. The fraction of sp³-hybridized carbons (Fsp3) is 0. The van der Waals surface area contributed by atoms with Crippen molar-refractivity contribution in [3.05, 3.63) is 77.3 Å². The zero-order valence-electron chi connectivity index (χ0n) is 14.1. The number of rotatable bonds is 5. The molecule has 4 aromatic rings. The van der Waals surface area contributed by atoms with Gasteiger partial charge in [-0.2, -0.15) is 0 Å². The highest BCUT2D eigenvalue weighted by Crippen LogP contribution is 2.28. The van der Waals surface area contributed by atoms with Crippen LogP contribution in [0.25, 0.3) is 11.5 Å². The summed E-state index contributed by atoms with van der Waals surface area (Å²) in [6.07, 6.45) is 0. The molecule has 2 aromatic carbocycles. The van der Waals surface area contributed by atoms with Crippen LogP contribution in [-0.2, 0) is 0 Å². The van der Waals surface area contributed by atoms with Crippen LogP contribution in [-0.4, -0.2) is 16.0 Å². The Labute approximate surface area is 161 Å². The molecule has 0 radical (unpaired) electrons. The Balaban J connectivity index is 1.48.